The number of methoxy groups -OCH3 is 1. The molecule has 2 aromatic rings. The molecular weight excluding hydrogens is 489 g/mol. The molecule has 3 rings (SSSR count). The van der Waals surface area contributed by atoms with E-state index in [-0.39, 0.29) is 29.4 Å². The van der Waals surface area contributed by atoms with Crippen LogP contribution in [0.25, 0.3) is 0 Å². The molecule has 1 fully saturated rings. The maximum atomic E-state index is 5.71. The number of hydrogen-bond donors (Lipinski definition) is 2. The van der Waals surface area contributed by atoms with E-state index in [1.165, 1.54) is 22.3 Å². The van der Waals surface area contributed by atoms with Crippen molar-refractivity contribution in [2.75, 3.05) is 33.9 Å². The van der Waals surface area contributed by atoms with E-state index < -0.39 is 0 Å². The van der Waals surface area contributed by atoms with Crippen LogP contribution < -0.4 is 15.4 Å². The lowest BCUT2D eigenvalue weighted by Crippen LogP contribution is -2.48. The largest absolute Gasteiger partial charge is 0.496 e. The number of hydrogen-bond acceptors (Lipinski definition) is 3. The van der Waals surface area contributed by atoms with Gasteiger partial charge in [-0.2, -0.15) is 0 Å². The molecule has 5 nitrogen and oxygen atoms in total. The van der Waals surface area contributed by atoms with Crippen LogP contribution in [0.1, 0.15) is 35.1 Å². The summed E-state index contributed by atoms with van der Waals surface area (Å²) in [5.41, 5.74) is 4.96. The second-order valence-electron chi connectivity index (χ2n) is 7.86. The molecule has 0 bridgehead atoms. The molecule has 2 N–H and O–H groups in total. The van der Waals surface area contributed by atoms with Gasteiger partial charge in [0, 0.05) is 44.3 Å². The predicted molar refractivity (Wildman–Crippen MR) is 134 cm³/mol. The Balaban J connectivity index is 0.00000320. The van der Waals surface area contributed by atoms with Crippen molar-refractivity contribution in [3.8, 4) is 5.75 Å². The van der Waals surface area contributed by atoms with Gasteiger partial charge in [0.1, 0.15) is 5.75 Å². The molecule has 2 aromatic carbocycles. The molecule has 0 atom stereocenters. The van der Waals surface area contributed by atoms with Gasteiger partial charge in [-0.15, -0.1) is 24.0 Å². The van der Waals surface area contributed by atoms with Crippen molar-refractivity contribution < 1.29 is 9.47 Å². The summed E-state index contributed by atoms with van der Waals surface area (Å²) in [4.78, 5) is 4.43. The lowest BCUT2D eigenvalue weighted by Gasteiger charge is -2.39. The predicted octanol–water partition coefficient (Wildman–Crippen LogP) is 4.34. The minimum absolute atomic E-state index is 0. The Labute approximate surface area is 197 Å². The third-order valence-electron chi connectivity index (χ3n) is 5.74. The van der Waals surface area contributed by atoms with Gasteiger partial charge in [-0.3, -0.25) is 4.99 Å². The van der Waals surface area contributed by atoms with E-state index in [4.69, 9.17) is 9.47 Å². The normalized spacial score (nSPS) is 15.8. The van der Waals surface area contributed by atoms with Crippen molar-refractivity contribution >= 4 is 29.9 Å². The van der Waals surface area contributed by atoms with E-state index >= 15 is 0 Å². The maximum Gasteiger partial charge on any atom is 0.191 e. The topological polar surface area (TPSA) is 54.9 Å². The Morgan fingerprint density at radius 2 is 1.80 bits per heavy atom. The summed E-state index contributed by atoms with van der Waals surface area (Å²) in [5.74, 6) is 1.76. The highest BCUT2D eigenvalue weighted by molar-refractivity contribution is 14.0. The van der Waals surface area contributed by atoms with Crippen LogP contribution in [-0.4, -0.2) is 39.9 Å². The fraction of sp³-hybridized carbons (Fsp3) is 0.458. The first-order chi connectivity index (χ1) is 14.1. The second kappa shape index (κ2) is 11.6. The summed E-state index contributed by atoms with van der Waals surface area (Å²) in [6.45, 7) is 7.28. The monoisotopic (exact) mass is 523 g/mol. The highest BCUT2D eigenvalue weighted by atomic mass is 127. The number of nitrogens with one attached hydrogen (secondary N) is 2. The van der Waals surface area contributed by atoms with Crippen LogP contribution in [0.15, 0.2) is 47.5 Å². The number of guanidine groups is 1. The third kappa shape index (κ3) is 6.11. The van der Waals surface area contributed by atoms with Crippen molar-refractivity contribution in [1.29, 1.82) is 0 Å². The number of aliphatic imine (C=N–C) groups is 1. The average Bonchev–Trinajstić information content (AvgIpc) is 2.74. The molecule has 1 aliphatic heterocycles. The molecule has 6 heteroatoms. The van der Waals surface area contributed by atoms with Crippen molar-refractivity contribution in [1.82, 2.24) is 10.6 Å². The lowest BCUT2D eigenvalue weighted by molar-refractivity contribution is 0.0505. The quantitative estimate of drug-likeness (QED) is 0.336. The molecular formula is C24H34IN3O2. The fourth-order valence-corrected chi connectivity index (χ4v) is 4.02. The molecule has 0 aliphatic carbocycles. The Morgan fingerprint density at radius 3 is 2.47 bits per heavy atom. The first-order valence-corrected chi connectivity index (χ1v) is 10.3. The van der Waals surface area contributed by atoms with E-state index in [2.05, 4.69) is 71.9 Å². The number of rotatable bonds is 6. The van der Waals surface area contributed by atoms with Gasteiger partial charge in [-0.05, 0) is 38.3 Å². The smallest absolute Gasteiger partial charge is 0.191 e. The van der Waals surface area contributed by atoms with Gasteiger partial charge < -0.3 is 20.1 Å². The molecule has 0 spiro atoms. The molecule has 0 aromatic heterocycles. The number of aryl methyl sites for hydroxylation is 2. The molecule has 30 heavy (non-hydrogen) atoms. The summed E-state index contributed by atoms with van der Waals surface area (Å²) >= 11 is 0. The minimum atomic E-state index is -0.0451. The zero-order valence-electron chi connectivity index (χ0n) is 18.5. The van der Waals surface area contributed by atoms with Crippen molar-refractivity contribution in [3.63, 3.8) is 0 Å². The SMILES string of the molecule is CN=C(NCc1cccc(C)c1)NCC1(c2cc(C)ccc2OC)CCOCC1.I. The first-order valence-electron chi connectivity index (χ1n) is 10.3. The lowest BCUT2D eigenvalue weighted by atomic mass is 9.73. The minimum Gasteiger partial charge on any atom is -0.496 e. The molecule has 0 amide bonds. The molecule has 0 saturated carbocycles. The van der Waals surface area contributed by atoms with E-state index in [9.17, 15) is 0 Å². The number of benzene rings is 2. The Morgan fingerprint density at radius 1 is 1.07 bits per heavy atom. The molecule has 1 saturated heterocycles. The van der Waals surface area contributed by atoms with Crippen LogP contribution in [-0.2, 0) is 16.7 Å². The van der Waals surface area contributed by atoms with Gasteiger partial charge in [0.05, 0.1) is 7.11 Å². The highest BCUT2D eigenvalue weighted by Gasteiger charge is 2.37. The maximum absolute atomic E-state index is 5.71. The van der Waals surface area contributed by atoms with Crippen molar-refractivity contribution in [2.45, 2.75) is 38.6 Å². The molecule has 0 unspecified atom stereocenters. The van der Waals surface area contributed by atoms with Crippen LogP contribution in [0.5, 0.6) is 5.75 Å². The fourth-order valence-electron chi connectivity index (χ4n) is 4.02. The summed E-state index contributed by atoms with van der Waals surface area (Å²) < 4.78 is 11.4. The van der Waals surface area contributed by atoms with Crippen LogP contribution in [0.4, 0.5) is 0 Å². The summed E-state index contributed by atoms with van der Waals surface area (Å²) in [7, 11) is 3.56. The number of nitrogens with zero attached hydrogens (tertiary/aromatic N) is 1. The standard InChI is InChI=1S/C24H33N3O2.HI/c1-18-6-5-7-20(14-18)16-26-23(25-3)27-17-24(10-12-29-13-11-24)21-15-19(2)8-9-22(21)28-4;/h5-9,14-15H,10-13,16-17H2,1-4H3,(H2,25,26,27);1H. The summed E-state index contributed by atoms with van der Waals surface area (Å²) in [6.07, 6.45) is 1.91. The van der Waals surface area contributed by atoms with Crippen LogP contribution in [0.2, 0.25) is 0 Å². The Bertz CT molecular complexity index is 848. The van der Waals surface area contributed by atoms with Gasteiger partial charge in [0.2, 0.25) is 0 Å². The first kappa shape index (κ1) is 24.5. The summed E-state index contributed by atoms with van der Waals surface area (Å²) in [5, 5.41) is 7.00. The van der Waals surface area contributed by atoms with Crippen LogP contribution in [0, 0.1) is 13.8 Å². The van der Waals surface area contributed by atoms with E-state index in [0.717, 1.165) is 50.9 Å². The number of halogens is 1. The zero-order chi connectivity index (χ0) is 20.7. The van der Waals surface area contributed by atoms with E-state index in [1.54, 1.807) is 7.11 Å². The highest BCUT2D eigenvalue weighted by Crippen LogP contribution is 2.40. The van der Waals surface area contributed by atoms with Crippen LogP contribution >= 0.6 is 24.0 Å². The van der Waals surface area contributed by atoms with Gasteiger partial charge in [0.25, 0.3) is 0 Å². The van der Waals surface area contributed by atoms with E-state index in [1.807, 2.05) is 7.05 Å². The van der Waals surface area contributed by atoms with Gasteiger partial charge >= 0.3 is 0 Å². The molecule has 0 radical (unpaired) electrons. The summed E-state index contributed by atoms with van der Waals surface area (Å²) in [6, 6.07) is 15.0. The molecule has 1 aliphatic rings. The number of ether oxygens (including phenoxy) is 2. The van der Waals surface area contributed by atoms with Gasteiger partial charge in [0.15, 0.2) is 5.96 Å². The van der Waals surface area contributed by atoms with E-state index in [0.29, 0.717) is 0 Å². The Kier molecular flexibility index (Phi) is 9.42. The molecule has 164 valence electrons. The van der Waals surface area contributed by atoms with Crippen molar-refractivity contribution in [2.24, 2.45) is 4.99 Å². The Hall–Kier alpha value is -1.80. The zero-order valence-corrected chi connectivity index (χ0v) is 20.8. The second-order valence-corrected chi connectivity index (χ2v) is 7.86. The van der Waals surface area contributed by atoms with Gasteiger partial charge in [-0.25, -0.2) is 0 Å². The van der Waals surface area contributed by atoms with Crippen LogP contribution in [0.3, 0.4) is 0 Å². The third-order valence-corrected chi connectivity index (χ3v) is 5.74. The van der Waals surface area contributed by atoms with Crippen molar-refractivity contribution in [3.05, 3.63) is 64.7 Å². The molecule has 1 heterocycles. The average molecular weight is 523 g/mol. The van der Waals surface area contributed by atoms with Gasteiger partial charge in [-0.1, -0.05) is 47.5 Å².